The number of hydrogen-bond donors (Lipinski definition) is 2. The van der Waals surface area contributed by atoms with Crippen molar-refractivity contribution in [1.29, 1.82) is 0 Å². The van der Waals surface area contributed by atoms with Gasteiger partial charge in [-0.1, -0.05) is 34.6 Å². The minimum absolute atomic E-state index is 0.0287. The van der Waals surface area contributed by atoms with E-state index in [0.29, 0.717) is 32.4 Å². The summed E-state index contributed by atoms with van der Waals surface area (Å²) in [6.07, 6.45) is 2.34. The largest absolute Gasteiger partial charge is 0.480 e. The summed E-state index contributed by atoms with van der Waals surface area (Å²) in [6.45, 7) is 11.0. The highest BCUT2D eigenvalue weighted by Gasteiger charge is 2.31. The van der Waals surface area contributed by atoms with Gasteiger partial charge in [-0.2, -0.15) is 0 Å². The lowest BCUT2D eigenvalue weighted by molar-refractivity contribution is -0.143. The van der Waals surface area contributed by atoms with Crippen LogP contribution in [0.2, 0.25) is 0 Å². The molecule has 24 heavy (non-hydrogen) atoms. The molecule has 1 aliphatic heterocycles. The molecule has 1 aliphatic rings. The molecular formula is C18H32N2O4. The third kappa shape index (κ3) is 6.49. The Labute approximate surface area is 145 Å². The Morgan fingerprint density at radius 2 is 1.71 bits per heavy atom. The van der Waals surface area contributed by atoms with Crippen LogP contribution in [-0.2, 0) is 14.4 Å². The second-order valence-electron chi connectivity index (χ2n) is 8.25. The van der Waals surface area contributed by atoms with Gasteiger partial charge in [-0.05, 0) is 31.1 Å². The molecule has 2 amide bonds. The number of amides is 2. The van der Waals surface area contributed by atoms with Crippen LogP contribution in [0.4, 0.5) is 0 Å². The molecular weight excluding hydrogens is 308 g/mol. The van der Waals surface area contributed by atoms with Gasteiger partial charge in [-0.3, -0.25) is 9.59 Å². The number of piperidine rings is 1. The summed E-state index contributed by atoms with van der Waals surface area (Å²) < 4.78 is 0. The number of nitrogens with zero attached hydrogens (tertiary/aromatic N) is 1. The number of likely N-dealkylation sites (tertiary alicyclic amines) is 1. The maximum Gasteiger partial charge on any atom is 0.326 e. The third-order valence-electron chi connectivity index (χ3n) is 4.47. The maximum absolute atomic E-state index is 12.4. The molecule has 1 saturated heterocycles. The highest BCUT2D eigenvalue weighted by Crippen LogP contribution is 2.23. The van der Waals surface area contributed by atoms with Crippen molar-refractivity contribution in [2.45, 2.75) is 66.3 Å². The van der Waals surface area contributed by atoms with Crippen LogP contribution in [0.5, 0.6) is 0 Å². The van der Waals surface area contributed by atoms with Crippen molar-refractivity contribution < 1.29 is 19.5 Å². The number of carboxylic acid groups (broad SMARTS) is 1. The summed E-state index contributed by atoms with van der Waals surface area (Å²) in [4.78, 5) is 37.5. The standard InChI is InChI=1S/C18H32N2O4/c1-12(2)16(22)20-10-7-13(8-11-20)15(21)19-14(17(23)24)6-9-18(3,4)5/h12-14H,6-11H2,1-5H3,(H,19,21)(H,23,24). The smallest absolute Gasteiger partial charge is 0.326 e. The van der Waals surface area contributed by atoms with Crippen molar-refractivity contribution in [2.75, 3.05) is 13.1 Å². The predicted octanol–water partition coefficient (Wildman–Crippen LogP) is 2.28. The predicted molar refractivity (Wildman–Crippen MR) is 92.4 cm³/mol. The fourth-order valence-corrected chi connectivity index (χ4v) is 2.85. The Hall–Kier alpha value is -1.59. The fourth-order valence-electron chi connectivity index (χ4n) is 2.85. The number of rotatable bonds is 6. The molecule has 0 aromatic heterocycles. The molecule has 6 heteroatoms. The van der Waals surface area contributed by atoms with Crippen molar-refractivity contribution in [3.05, 3.63) is 0 Å². The van der Waals surface area contributed by atoms with Crippen LogP contribution in [0.25, 0.3) is 0 Å². The molecule has 0 aromatic rings. The molecule has 0 spiro atoms. The van der Waals surface area contributed by atoms with E-state index in [4.69, 9.17) is 0 Å². The quantitative estimate of drug-likeness (QED) is 0.776. The molecule has 1 unspecified atom stereocenters. The SMILES string of the molecule is CC(C)C(=O)N1CCC(C(=O)NC(CCC(C)(C)C)C(=O)O)CC1. The van der Waals surface area contributed by atoms with Gasteiger partial charge >= 0.3 is 5.97 Å². The topological polar surface area (TPSA) is 86.7 Å². The zero-order valence-electron chi connectivity index (χ0n) is 15.6. The summed E-state index contributed by atoms with van der Waals surface area (Å²) >= 11 is 0. The lowest BCUT2D eigenvalue weighted by Gasteiger charge is -2.33. The van der Waals surface area contributed by atoms with E-state index < -0.39 is 12.0 Å². The van der Waals surface area contributed by atoms with Gasteiger partial charge < -0.3 is 15.3 Å². The molecule has 1 heterocycles. The van der Waals surface area contributed by atoms with E-state index >= 15 is 0 Å². The summed E-state index contributed by atoms with van der Waals surface area (Å²) in [5, 5.41) is 12.0. The second kappa shape index (κ2) is 8.49. The van der Waals surface area contributed by atoms with E-state index in [0.717, 1.165) is 6.42 Å². The molecule has 138 valence electrons. The molecule has 1 fully saturated rings. The first-order valence-corrected chi connectivity index (χ1v) is 8.83. The van der Waals surface area contributed by atoms with Crippen LogP contribution in [0.3, 0.4) is 0 Å². The first-order chi connectivity index (χ1) is 11.0. The van der Waals surface area contributed by atoms with Crippen LogP contribution in [0.1, 0.15) is 60.3 Å². The molecule has 2 N–H and O–H groups in total. The Balaban J connectivity index is 2.52. The number of carbonyl (C=O) groups is 3. The molecule has 1 rings (SSSR count). The van der Waals surface area contributed by atoms with Gasteiger partial charge in [0.2, 0.25) is 11.8 Å². The van der Waals surface area contributed by atoms with Crippen molar-refractivity contribution in [2.24, 2.45) is 17.3 Å². The monoisotopic (exact) mass is 340 g/mol. The van der Waals surface area contributed by atoms with E-state index in [1.807, 2.05) is 13.8 Å². The van der Waals surface area contributed by atoms with E-state index in [1.165, 1.54) is 0 Å². The summed E-state index contributed by atoms with van der Waals surface area (Å²) in [5.74, 6) is -1.32. The van der Waals surface area contributed by atoms with Crippen molar-refractivity contribution in [3.8, 4) is 0 Å². The molecule has 1 atom stereocenters. The van der Waals surface area contributed by atoms with Crippen molar-refractivity contribution >= 4 is 17.8 Å². The Morgan fingerprint density at radius 3 is 2.12 bits per heavy atom. The zero-order chi connectivity index (χ0) is 18.5. The number of hydrogen-bond acceptors (Lipinski definition) is 3. The first-order valence-electron chi connectivity index (χ1n) is 8.83. The second-order valence-corrected chi connectivity index (χ2v) is 8.25. The average Bonchev–Trinajstić information content (AvgIpc) is 2.49. The normalized spacial score (nSPS) is 17.7. The zero-order valence-corrected chi connectivity index (χ0v) is 15.6. The van der Waals surface area contributed by atoms with Crippen molar-refractivity contribution in [1.82, 2.24) is 10.2 Å². The van der Waals surface area contributed by atoms with Gasteiger partial charge in [0.1, 0.15) is 6.04 Å². The van der Waals surface area contributed by atoms with Gasteiger partial charge in [0.05, 0.1) is 0 Å². The summed E-state index contributed by atoms with van der Waals surface area (Å²) in [5.41, 5.74) is 0.0287. The fraction of sp³-hybridized carbons (Fsp3) is 0.833. The molecule has 0 aliphatic carbocycles. The minimum Gasteiger partial charge on any atom is -0.480 e. The van der Waals surface area contributed by atoms with Crippen LogP contribution < -0.4 is 5.32 Å². The molecule has 6 nitrogen and oxygen atoms in total. The Bertz CT molecular complexity index is 460. The van der Waals surface area contributed by atoms with Gasteiger partial charge in [0.15, 0.2) is 0 Å². The van der Waals surface area contributed by atoms with Crippen LogP contribution >= 0.6 is 0 Å². The molecule has 0 saturated carbocycles. The summed E-state index contributed by atoms with van der Waals surface area (Å²) in [6, 6.07) is -0.841. The van der Waals surface area contributed by atoms with Crippen molar-refractivity contribution in [3.63, 3.8) is 0 Å². The molecule has 0 aromatic carbocycles. The van der Waals surface area contributed by atoms with Crippen LogP contribution in [0.15, 0.2) is 0 Å². The average molecular weight is 340 g/mol. The highest BCUT2D eigenvalue weighted by molar-refractivity contribution is 5.85. The Morgan fingerprint density at radius 1 is 1.17 bits per heavy atom. The molecule has 0 radical (unpaired) electrons. The number of aliphatic carboxylic acids is 1. The van der Waals surface area contributed by atoms with E-state index in [1.54, 1.807) is 4.90 Å². The van der Waals surface area contributed by atoms with Crippen LogP contribution in [0, 0.1) is 17.3 Å². The molecule has 0 bridgehead atoms. The highest BCUT2D eigenvalue weighted by atomic mass is 16.4. The number of carboxylic acids is 1. The first kappa shape index (κ1) is 20.5. The van der Waals surface area contributed by atoms with E-state index in [2.05, 4.69) is 26.1 Å². The van der Waals surface area contributed by atoms with Gasteiger partial charge in [0.25, 0.3) is 0 Å². The van der Waals surface area contributed by atoms with Gasteiger partial charge in [-0.25, -0.2) is 4.79 Å². The Kier molecular flexibility index (Phi) is 7.24. The van der Waals surface area contributed by atoms with Gasteiger partial charge in [-0.15, -0.1) is 0 Å². The lowest BCUT2D eigenvalue weighted by atomic mass is 9.88. The van der Waals surface area contributed by atoms with Gasteiger partial charge in [0, 0.05) is 24.9 Å². The summed E-state index contributed by atoms with van der Waals surface area (Å²) in [7, 11) is 0. The van der Waals surface area contributed by atoms with E-state index in [9.17, 15) is 19.5 Å². The maximum atomic E-state index is 12.4. The minimum atomic E-state index is -0.986. The van der Waals surface area contributed by atoms with Crippen LogP contribution in [-0.4, -0.2) is 46.9 Å². The third-order valence-corrected chi connectivity index (χ3v) is 4.47. The van der Waals surface area contributed by atoms with E-state index in [-0.39, 0.29) is 29.1 Å². The number of nitrogens with one attached hydrogen (secondary N) is 1. The lowest BCUT2D eigenvalue weighted by Crippen LogP contribution is -2.48. The number of carbonyl (C=O) groups excluding carboxylic acids is 2.